The van der Waals surface area contributed by atoms with Crippen molar-refractivity contribution in [1.82, 2.24) is 4.98 Å². The molecule has 2 atom stereocenters. The molecule has 2 unspecified atom stereocenters. The number of hydrogen-bond acceptors (Lipinski definition) is 0. The molecular formula is C40H63N2+. The van der Waals surface area contributed by atoms with E-state index >= 15 is 0 Å². The van der Waals surface area contributed by atoms with Crippen LogP contribution in [0.4, 0.5) is 0 Å². The van der Waals surface area contributed by atoms with Gasteiger partial charge in [-0.1, -0.05) is 178 Å². The number of unbranched alkanes of at least 4 members (excludes halogenated alkanes) is 15. The van der Waals surface area contributed by atoms with Gasteiger partial charge in [0.2, 0.25) is 0 Å². The summed E-state index contributed by atoms with van der Waals surface area (Å²) in [6.45, 7) is 8.26. The maximum atomic E-state index is 3.77. The Morgan fingerprint density at radius 1 is 0.619 bits per heavy atom. The Bertz CT molecular complexity index is 1040. The van der Waals surface area contributed by atoms with Crippen molar-refractivity contribution in [3.63, 3.8) is 0 Å². The van der Waals surface area contributed by atoms with E-state index in [4.69, 9.17) is 0 Å². The lowest BCUT2D eigenvalue weighted by atomic mass is 9.66. The van der Waals surface area contributed by atoms with Crippen LogP contribution in [0.3, 0.4) is 0 Å². The van der Waals surface area contributed by atoms with Crippen LogP contribution in [0.25, 0.3) is 0 Å². The van der Waals surface area contributed by atoms with E-state index < -0.39 is 0 Å². The van der Waals surface area contributed by atoms with E-state index in [1.165, 1.54) is 133 Å². The van der Waals surface area contributed by atoms with Crippen LogP contribution in [0.1, 0.15) is 159 Å². The zero-order chi connectivity index (χ0) is 29.7. The van der Waals surface area contributed by atoms with E-state index in [0.717, 1.165) is 13.0 Å². The predicted octanol–water partition coefficient (Wildman–Crippen LogP) is 11.6. The van der Waals surface area contributed by atoms with Gasteiger partial charge in [0.15, 0.2) is 0 Å². The van der Waals surface area contributed by atoms with Crippen molar-refractivity contribution in [1.29, 1.82) is 0 Å². The van der Waals surface area contributed by atoms with Crippen LogP contribution < -0.4 is 4.57 Å². The second-order valence-corrected chi connectivity index (χ2v) is 13.1. The zero-order valence-corrected chi connectivity index (χ0v) is 27.6. The highest BCUT2D eigenvalue weighted by Crippen LogP contribution is 2.43. The van der Waals surface area contributed by atoms with Crippen LogP contribution >= 0.6 is 0 Å². The molecule has 0 amide bonds. The molecule has 3 aromatic rings. The maximum absolute atomic E-state index is 3.77. The average Bonchev–Trinajstić information content (AvgIpc) is 3.48. The molecule has 1 aromatic heterocycles. The van der Waals surface area contributed by atoms with Gasteiger partial charge >= 0.3 is 0 Å². The average molecular weight is 572 g/mol. The van der Waals surface area contributed by atoms with Gasteiger partial charge in [-0.3, -0.25) is 0 Å². The standard InChI is InChI=1S/C40H62N2/c1-4-6-8-10-11-12-13-14-15-16-17-18-26-33-42-34-32-41-39(42)38(31-25-9-7-5-2)40(3,37-29-23-20-24-30-37)35-36-27-21-19-22-28-36/h19-24,27-30,32,34,38H,4-18,25-26,31,33,35H2,1-3H3/p+1. The van der Waals surface area contributed by atoms with E-state index in [0.29, 0.717) is 5.92 Å². The second kappa shape index (κ2) is 20.5. The van der Waals surface area contributed by atoms with Crippen LogP contribution in [0.2, 0.25) is 0 Å². The number of aryl methyl sites for hydroxylation is 1. The van der Waals surface area contributed by atoms with Gasteiger partial charge in [-0.25, -0.2) is 9.55 Å². The van der Waals surface area contributed by atoms with Crippen molar-refractivity contribution in [3.8, 4) is 0 Å². The maximum Gasteiger partial charge on any atom is 0.258 e. The van der Waals surface area contributed by atoms with Gasteiger partial charge < -0.3 is 0 Å². The van der Waals surface area contributed by atoms with Crippen molar-refractivity contribution in [2.75, 3.05) is 0 Å². The van der Waals surface area contributed by atoms with Gasteiger partial charge in [-0.15, -0.1) is 0 Å². The van der Waals surface area contributed by atoms with Crippen LogP contribution in [-0.4, -0.2) is 4.98 Å². The molecule has 0 spiro atoms. The summed E-state index contributed by atoms with van der Waals surface area (Å²) in [6, 6.07) is 22.5. The minimum Gasteiger partial charge on any atom is -0.247 e. The van der Waals surface area contributed by atoms with Gasteiger partial charge in [0.05, 0.1) is 12.5 Å². The molecule has 0 aliphatic heterocycles. The summed E-state index contributed by atoms with van der Waals surface area (Å²) in [5.41, 5.74) is 2.89. The molecule has 1 N–H and O–H groups in total. The summed E-state index contributed by atoms with van der Waals surface area (Å²) in [7, 11) is 0. The Labute approximate surface area is 259 Å². The Morgan fingerprint density at radius 3 is 1.69 bits per heavy atom. The molecule has 0 aliphatic carbocycles. The summed E-state index contributed by atoms with van der Waals surface area (Å²) < 4.78 is 2.56. The number of nitrogens with zero attached hydrogens (tertiary/aromatic N) is 1. The molecule has 0 radical (unpaired) electrons. The monoisotopic (exact) mass is 571 g/mol. The number of benzene rings is 2. The summed E-state index contributed by atoms with van der Waals surface area (Å²) in [6.07, 6.45) is 30.2. The topological polar surface area (TPSA) is 19.7 Å². The van der Waals surface area contributed by atoms with Gasteiger partial charge in [-0.05, 0) is 36.8 Å². The predicted molar refractivity (Wildman–Crippen MR) is 182 cm³/mol. The minimum absolute atomic E-state index is 0.0113. The summed E-state index contributed by atoms with van der Waals surface area (Å²) >= 11 is 0. The quantitative estimate of drug-likeness (QED) is 0.0815. The lowest BCUT2D eigenvalue weighted by Crippen LogP contribution is -2.43. The van der Waals surface area contributed by atoms with Gasteiger partial charge in [-0.2, -0.15) is 0 Å². The SMILES string of the molecule is CCCCCCCCCCCCCCC[n+]1cc[nH]c1C(CCCCCC)C(C)(Cc1ccccc1)c1ccccc1. The Morgan fingerprint density at radius 2 is 1.12 bits per heavy atom. The van der Waals surface area contributed by atoms with Crippen LogP contribution in [0.15, 0.2) is 73.1 Å². The first-order valence-electron chi connectivity index (χ1n) is 17.8. The molecule has 2 aromatic carbocycles. The Hall–Kier alpha value is -2.35. The molecule has 0 saturated carbocycles. The van der Waals surface area contributed by atoms with Crippen LogP contribution in [0.5, 0.6) is 0 Å². The highest BCUT2D eigenvalue weighted by molar-refractivity contribution is 5.32. The van der Waals surface area contributed by atoms with Crippen molar-refractivity contribution >= 4 is 0 Å². The Balaban J connectivity index is 1.60. The second-order valence-electron chi connectivity index (χ2n) is 13.1. The number of H-pyrrole nitrogens is 1. The number of rotatable bonds is 24. The largest absolute Gasteiger partial charge is 0.258 e. The first kappa shape index (κ1) is 34.1. The van der Waals surface area contributed by atoms with E-state index in [2.05, 4.69) is 103 Å². The molecular weight excluding hydrogens is 508 g/mol. The van der Waals surface area contributed by atoms with Crippen molar-refractivity contribution in [2.24, 2.45) is 0 Å². The minimum atomic E-state index is 0.0113. The van der Waals surface area contributed by atoms with Crippen LogP contribution in [-0.2, 0) is 18.4 Å². The number of imidazole rings is 1. The number of aromatic amines is 1. The first-order valence-corrected chi connectivity index (χ1v) is 17.8. The molecule has 0 aliphatic rings. The molecule has 2 nitrogen and oxygen atoms in total. The lowest BCUT2D eigenvalue weighted by Gasteiger charge is -2.37. The highest BCUT2D eigenvalue weighted by atomic mass is 15.1. The third kappa shape index (κ3) is 11.7. The third-order valence-corrected chi connectivity index (χ3v) is 9.59. The number of hydrogen-bond donors (Lipinski definition) is 1. The van der Waals surface area contributed by atoms with Crippen molar-refractivity contribution in [3.05, 3.63) is 90.0 Å². The first-order chi connectivity index (χ1) is 20.7. The fraction of sp³-hybridized carbons (Fsp3) is 0.625. The molecule has 232 valence electrons. The fourth-order valence-electron chi connectivity index (χ4n) is 6.97. The van der Waals surface area contributed by atoms with E-state index in [-0.39, 0.29) is 5.41 Å². The van der Waals surface area contributed by atoms with E-state index in [1.54, 1.807) is 0 Å². The molecule has 3 rings (SSSR count). The molecule has 0 saturated heterocycles. The van der Waals surface area contributed by atoms with Gasteiger partial charge in [0.25, 0.3) is 5.82 Å². The normalized spacial score (nSPS) is 13.7. The molecule has 1 heterocycles. The molecule has 0 bridgehead atoms. The number of nitrogens with one attached hydrogen (secondary N) is 1. The smallest absolute Gasteiger partial charge is 0.247 e. The van der Waals surface area contributed by atoms with Gasteiger partial charge in [0.1, 0.15) is 12.4 Å². The molecule has 0 fully saturated rings. The van der Waals surface area contributed by atoms with Gasteiger partial charge in [0, 0.05) is 5.41 Å². The zero-order valence-electron chi connectivity index (χ0n) is 27.6. The lowest BCUT2D eigenvalue weighted by molar-refractivity contribution is -0.705. The Kier molecular flexibility index (Phi) is 16.7. The third-order valence-electron chi connectivity index (χ3n) is 9.59. The summed E-state index contributed by atoms with van der Waals surface area (Å²) in [5.74, 6) is 1.86. The fourth-order valence-corrected chi connectivity index (χ4v) is 6.97. The van der Waals surface area contributed by atoms with Crippen molar-refractivity contribution in [2.45, 2.75) is 161 Å². The summed E-state index contributed by atoms with van der Waals surface area (Å²) in [5, 5.41) is 0. The molecule has 2 heteroatoms. The van der Waals surface area contributed by atoms with E-state index in [9.17, 15) is 0 Å². The molecule has 42 heavy (non-hydrogen) atoms. The van der Waals surface area contributed by atoms with E-state index in [1.807, 2.05) is 0 Å². The van der Waals surface area contributed by atoms with Crippen LogP contribution in [0, 0.1) is 0 Å². The van der Waals surface area contributed by atoms with Crippen molar-refractivity contribution < 1.29 is 4.57 Å². The summed E-state index contributed by atoms with van der Waals surface area (Å²) in [4.78, 5) is 3.77. The highest BCUT2D eigenvalue weighted by Gasteiger charge is 2.41. The number of aromatic nitrogens is 2.